The van der Waals surface area contributed by atoms with Crippen molar-refractivity contribution in [3.63, 3.8) is 0 Å². The van der Waals surface area contributed by atoms with E-state index in [1.165, 1.54) is 12.8 Å². The zero-order valence-corrected chi connectivity index (χ0v) is 12.5. The summed E-state index contributed by atoms with van der Waals surface area (Å²) in [5.74, 6) is 1.40. The molecule has 2 heterocycles. The monoisotopic (exact) mass is 296 g/mol. The molecule has 2 atom stereocenters. The number of nitrogens with zero attached hydrogens (tertiary/aromatic N) is 1. The van der Waals surface area contributed by atoms with Crippen LogP contribution in [0.15, 0.2) is 12.1 Å². The van der Waals surface area contributed by atoms with Gasteiger partial charge in [-0.1, -0.05) is 11.6 Å². The maximum Gasteiger partial charge on any atom is 0.162 e. The van der Waals surface area contributed by atoms with Crippen molar-refractivity contribution in [2.24, 2.45) is 5.92 Å². The molecule has 1 aromatic rings. The minimum atomic E-state index is 0.208. The van der Waals surface area contributed by atoms with Crippen LogP contribution in [0, 0.1) is 5.92 Å². The molecular weight excluding hydrogens is 276 g/mol. The molecule has 2 aliphatic heterocycles. The molecule has 3 rings (SSSR count). The van der Waals surface area contributed by atoms with Crippen molar-refractivity contribution in [1.82, 2.24) is 10.2 Å². The first-order chi connectivity index (χ1) is 9.67. The first-order valence-electron chi connectivity index (χ1n) is 7.18. The predicted molar refractivity (Wildman–Crippen MR) is 79.5 cm³/mol. The molecule has 20 heavy (non-hydrogen) atoms. The third-order valence-electron chi connectivity index (χ3n) is 4.41. The van der Waals surface area contributed by atoms with Crippen LogP contribution in [0.2, 0.25) is 5.02 Å². The number of phenols is 1. The number of hydrogen-bond acceptors (Lipinski definition) is 4. The Morgan fingerprint density at radius 2 is 2.30 bits per heavy atom. The molecular formula is C15H21ClN2O2. The van der Waals surface area contributed by atoms with E-state index in [9.17, 15) is 5.11 Å². The number of methoxy groups -OCH3 is 1. The highest BCUT2D eigenvalue weighted by Gasteiger charge is 2.34. The fraction of sp³-hybridized carbons (Fsp3) is 0.600. The van der Waals surface area contributed by atoms with Crippen LogP contribution in [0.1, 0.15) is 18.4 Å². The van der Waals surface area contributed by atoms with Gasteiger partial charge in [-0.15, -0.1) is 0 Å². The van der Waals surface area contributed by atoms with Crippen LogP contribution >= 0.6 is 11.6 Å². The Bertz CT molecular complexity index is 481. The molecule has 0 spiro atoms. The van der Waals surface area contributed by atoms with E-state index in [1.54, 1.807) is 13.2 Å². The SMILES string of the molecule is COc1cc(Cl)cc(CN2CC3CCCNC3C2)c1O. The zero-order valence-electron chi connectivity index (χ0n) is 11.7. The predicted octanol–water partition coefficient (Wildman–Crippen LogP) is 2.24. The van der Waals surface area contributed by atoms with E-state index in [2.05, 4.69) is 10.2 Å². The van der Waals surface area contributed by atoms with Crippen molar-refractivity contribution >= 4 is 11.6 Å². The Morgan fingerprint density at radius 1 is 1.45 bits per heavy atom. The fourth-order valence-corrected chi connectivity index (χ4v) is 3.64. The van der Waals surface area contributed by atoms with Gasteiger partial charge < -0.3 is 15.2 Å². The van der Waals surface area contributed by atoms with Gasteiger partial charge in [-0.25, -0.2) is 0 Å². The molecule has 2 unspecified atom stereocenters. The van der Waals surface area contributed by atoms with Crippen molar-refractivity contribution in [2.45, 2.75) is 25.4 Å². The molecule has 4 nitrogen and oxygen atoms in total. The van der Waals surface area contributed by atoms with Gasteiger partial charge in [0.25, 0.3) is 0 Å². The van der Waals surface area contributed by atoms with E-state index in [0.29, 0.717) is 16.8 Å². The molecule has 1 aromatic carbocycles. The maximum atomic E-state index is 10.2. The molecule has 0 saturated carbocycles. The summed E-state index contributed by atoms with van der Waals surface area (Å²) in [6.07, 6.45) is 2.57. The number of likely N-dealkylation sites (tertiary alicyclic amines) is 1. The summed E-state index contributed by atoms with van der Waals surface area (Å²) in [4.78, 5) is 2.39. The molecule has 2 N–H and O–H groups in total. The second kappa shape index (κ2) is 5.80. The van der Waals surface area contributed by atoms with E-state index in [4.69, 9.17) is 16.3 Å². The van der Waals surface area contributed by atoms with Gasteiger partial charge >= 0.3 is 0 Å². The number of ether oxygens (including phenoxy) is 1. The Hall–Kier alpha value is -0.970. The first-order valence-corrected chi connectivity index (χ1v) is 7.56. The number of hydrogen-bond donors (Lipinski definition) is 2. The second-order valence-corrected chi connectivity index (χ2v) is 6.21. The highest BCUT2D eigenvalue weighted by atomic mass is 35.5. The van der Waals surface area contributed by atoms with Gasteiger partial charge in [-0.05, 0) is 31.4 Å². The molecule has 0 aliphatic carbocycles. The van der Waals surface area contributed by atoms with Crippen LogP contribution in [-0.2, 0) is 6.54 Å². The second-order valence-electron chi connectivity index (χ2n) is 5.77. The smallest absolute Gasteiger partial charge is 0.162 e. The lowest BCUT2D eigenvalue weighted by Gasteiger charge is -2.24. The van der Waals surface area contributed by atoms with Crippen molar-refractivity contribution in [3.05, 3.63) is 22.7 Å². The Morgan fingerprint density at radius 3 is 3.05 bits per heavy atom. The molecule has 2 aliphatic rings. The Labute approximate surface area is 124 Å². The maximum absolute atomic E-state index is 10.2. The quantitative estimate of drug-likeness (QED) is 0.898. The van der Waals surface area contributed by atoms with Gasteiger partial charge in [0, 0.05) is 42.3 Å². The van der Waals surface area contributed by atoms with Gasteiger partial charge in [-0.3, -0.25) is 4.90 Å². The highest BCUT2D eigenvalue weighted by molar-refractivity contribution is 6.30. The summed E-state index contributed by atoms with van der Waals surface area (Å²) in [5, 5.41) is 14.4. The zero-order chi connectivity index (χ0) is 14.1. The molecule has 0 radical (unpaired) electrons. The lowest BCUT2D eigenvalue weighted by atomic mass is 9.94. The normalized spacial score (nSPS) is 26.5. The standard InChI is InChI=1S/C15H21ClN2O2/c1-20-14-6-12(16)5-11(15(14)19)8-18-7-10-3-2-4-17-13(10)9-18/h5-6,10,13,17,19H,2-4,7-9H2,1H3. The third kappa shape index (κ3) is 2.73. The van der Waals surface area contributed by atoms with Gasteiger partial charge in [0.1, 0.15) is 0 Å². The van der Waals surface area contributed by atoms with E-state index in [1.807, 2.05) is 6.07 Å². The van der Waals surface area contributed by atoms with Crippen LogP contribution in [-0.4, -0.2) is 42.8 Å². The average molecular weight is 297 g/mol. The molecule has 110 valence electrons. The molecule has 2 fully saturated rings. The lowest BCUT2D eigenvalue weighted by molar-refractivity contribution is 0.303. The largest absolute Gasteiger partial charge is 0.504 e. The molecule has 5 heteroatoms. The number of halogens is 1. The number of phenolic OH excluding ortho intramolecular Hbond substituents is 1. The van der Waals surface area contributed by atoms with Gasteiger partial charge in [0.2, 0.25) is 0 Å². The summed E-state index contributed by atoms with van der Waals surface area (Å²) in [6, 6.07) is 4.08. The summed E-state index contributed by atoms with van der Waals surface area (Å²) in [7, 11) is 1.55. The fourth-order valence-electron chi connectivity index (χ4n) is 3.41. The Balaban J connectivity index is 1.73. The summed E-state index contributed by atoms with van der Waals surface area (Å²) in [6.45, 7) is 3.98. The molecule has 0 amide bonds. The van der Waals surface area contributed by atoms with Crippen molar-refractivity contribution in [3.8, 4) is 11.5 Å². The van der Waals surface area contributed by atoms with Crippen LogP contribution < -0.4 is 10.1 Å². The number of rotatable bonds is 3. The van der Waals surface area contributed by atoms with Gasteiger partial charge in [0.05, 0.1) is 7.11 Å². The van der Waals surface area contributed by atoms with Crippen LogP contribution in [0.3, 0.4) is 0 Å². The molecule has 0 aromatic heterocycles. The van der Waals surface area contributed by atoms with E-state index < -0.39 is 0 Å². The number of aromatic hydroxyl groups is 1. The van der Waals surface area contributed by atoms with E-state index in [0.717, 1.165) is 37.7 Å². The topological polar surface area (TPSA) is 44.7 Å². The minimum absolute atomic E-state index is 0.208. The summed E-state index contributed by atoms with van der Waals surface area (Å²) in [5.41, 5.74) is 0.841. The summed E-state index contributed by atoms with van der Waals surface area (Å²) < 4.78 is 5.16. The number of fused-ring (bicyclic) bond motifs is 1. The minimum Gasteiger partial charge on any atom is -0.504 e. The van der Waals surface area contributed by atoms with Crippen LogP contribution in [0.4, 0.5) is 0 Å². The van der Waals surface area contributed by atoms with Crippen LogP contribution in [0.25, 0.3) is 0 Å². The number of nitrogens with one attached hydrogen (secondary N) is 1. The van der Waals surface area contributed by atoms with Crippen molar-refractivity contribution < 1.29 is 9.84 Å². The molecule has 2 saturated heterocycles. The van der Waals surface area contributed by atoms with E-state index in [-0.39, 0.29) is 5.75 Å². The molecule has 0 bridgehead atoms. The average Bonchev–Trinajstić information content (AvgIpc) is 2.84. The van der Waals surface area contributed by atoms with Gasteiger partial charge in [-0.2, -0.15) is 0 Å². The van der Waals surface area contributed by atoms with Gasteiger partial charge in [0.15, 0.2) is 11.5 Å². The highest BCUT2D eigenvalue weighted by Crippen LogP contribution is 2.35. The number of piperidine rings is 1. The Kier molecular flexibility index (Phi) is 4.06. The first kappa shape index (κ1) is 14.0. The number of benzene rings is 1. The van der Waals surface area contributed by atoms with Crippen molar-refractivity contribution in [2.75, 3.05) is 26.7 Å². The lowest BCUT2D eigenvalue weighted by Crippen LogP contribution is -2.40. The summed E-state index contributed by atoms with van der Waals surface area (Å²) >= 11 is 6.09. The van der Waals surface area contributed by atoms with E-state index >= 15 is 0 Å². The third-order valence-corrected chi connectivity index (χ3v) is 4.63. The van der Waals surface area contributed by atoms with Crippen molar-refractivity contribution in [1.29, 1.82) is 0 Å². The van der Waals surface area contributed by atoms with Crippen LogP contribution in [0.5, 0.6) is 11.5 Å².